The maximum absolute atomic E-state index is 12.3. The van der Waals surface area contributed by atoms with Crippen molar-refractivity contribution in [2.24, 2.45) is 4.99 Å². The lowest BCUT2D eigenvalue weighted by Gasteiger charge is -2.32. The van der Waals surface area contributed by atoms with Gasteiger partial charge >= 0.3 is 0 Å². The molecule has 30 heavy (non-hydrogen) atoms. The van der Waals surface area contributed by atoms with E-state index in [9.17, 15) is 4.57 Å². The van der Waals surface area contributed by atoms with Gasteiger partial charge in [0.15, 0.2) is 0 Å². The summed E-state index contributed by atoms with van der Waals surface area (Å²) in [6, 6.07) is 7.67. The Bertz CT molecular complexity index is 916. The number of rotatable bonds is 4. The van der Waals surface area contributed by atoms with Crippen molar-refractivity contribution in [1.29, 1.82) is 0 Å². The Hall–Kier alpha value is -2.36. The monoisotopic (exact) mass is 425 g/mol. The van der Waals surface area contributed by atoms with Crippen LogP contribution in [0.1, 0.15) is 13.3 Å². The van der Waals surface area contributed by atoms with Gasteiger partial charge in [0.25, 0.3) is 0 Å². The van der Waals surface area contributed by atoms with Crippen molar-refractivity contribution in [3.63, 3.8) is 0 Å². The van der Waals surface area contributed by atoms with Gasteiger partial charge in [0, 0.05) is 41.8 Å². The summed E-state index contributed by atoms with van der Waals surface area (Å²) in [6.45, 7) is 12.9. The molecule has 6 heteroatoms. The molecule has 1 N–H and O–H groups in total. The number of morpholine rings is 1. The second-order valence-electron chi connectivity index (χ2n) is 7.92. The van der Waals surface area contributed by atoms with Crippen LogP contribution in [0.2, 0.25) is 0 Å². The molecular weight excluding hydrogens is 393 g/mol. The second kappa shape index (κ2) is 10.1. The first-order valence-corrected chi connectivity index (χ1v) is 13.0. The lowest BCUT2D eigenvalue weighted by Crippen LogP contribution is -2.37. The molecule has 0 radical (unpaired) electrons. The topological polar surface area (TPSA) is 53.9 Å². The van der Waals surface area contributed by atoms with E-state index in [0.717, 1.165) is 55.1 Å². The number of amidine groups is 1. The Kier molecular flexibility index (Phi) is 7.52. The summed E-state index contributed by atoms with van der Waals surface area (Å²) in [6.07, 6.45) is 11.0. The number of hydrogen-bond donors (Lipinski definition) is 1. The van der Waals surface area contributed by atoms with E-state index in [4.69, 9.17) is 9.73 Å². The summed E-state index contributed by atoms with van der Waals surface area (Å²) >= 11 is 0. The maximum Gasteiger partial charge on any atom is 0.130 e. The molecule has 0 aromatic heterocycles. The molecule has 2 aliphatic rings. The van der Waals surface area contributed by atoms with E-state index < -0.39 is 7.14 Å². The molecule has 5 nitrogen and oxygen atoms in total. The fourth-order valence-electron chi connectivity index (χ4n) is 3.51. The van der Waals surface area contributed by atoms with E-state index in [1.807, 2.05) is 42.5 Å². The summed E-state index contributed by atoms with van der Waals surface area (Å²) in [5.41, 5.74) is 3.29. The third kappa shape index (κ3) is 5.84. The first kappa shape index (κ1) is 22.3. The Morgan fingerprint density at radius 1 is 1.20 bits per heavy atom. The molecule has 1 unspecified atom stereocenters. The predicted octanol–water partition coefficient (Wildman–Crippen LogP) is 4.42. The van der Waals surface area contributed by atoms with Crippen LogP contribution in [0.25, 0.3) is 0 Å². The van der Waals surface area contributed by atoms with Gasteiger partial charge < -0.3 is 19.5 Å². The zero-order valence-corrected chi connectivity index (χ0v) is 19.1. The van der Waals surface area contributed by atoms with Crippen LogP contribution < -0.4 is 10.6 Å². The van der Waals surface area contributed by atoms with Crippen molar-refractivity contribution >= 4 is 24.0 Å². The molecule has 160 valence electrons. The number of aliphatic imine (C=N–C) groups is 1. The third-order valence-electron chi connectivity index (χ3n) is 5.32. The number of benzene rings is 1. The van der Waals surface area contributed by atoms with Crippen LogP contribution in [0.5, 0.6) is 0 Å². The lowest BCUT2D eigenvalue weighted by atomic mass is 10.1. The highest BCUT2D eigenvalue weighted by Crippen LogP contribution is 2.34. The molecular formula is C24H32N3O2P. The molecule has 0 aliphatic carbocycles. The van der Waals surface area contributed by atoms with Crippen LogP contribution >= 0.6 is 7.14 Å². The minimum atomic E-state index is -2.28. The number of nitrogens with one attached hydrogen (secondary N) is 1. The number of allylic oxidation sites excluding steroid dienone is 3. The maximum atomic E-state index is 12.3. The molecule has 1 aromatic rings. The molecule has 1 aromatic carbocycles. The van der Waals surface area contributed by atoms with Crippen LogP contribution in [-0.4, -0.2) is 56.4 Å². The molecule has 0 spiro atoms. The first-order valence-electron chi connectivity index (χ1n) is 10.4. The Labute approximate surface area is 180 Å². The molecule has 0 saturated carbocycles. The number of nitrogens with zero attached hydrogens (tertiary/aromatic N) is 2. The van der Waals surface area contributed by atoms with Gasteiger partial charge in [-0.05, 0) is 44.5 Å². The summed E-state index contributed by atoms with van der Waals surface area (Å²) in [4.78, 5) is 7.34. The largest absolute Gasteiger partial charge is 0.378 e. The van der Waals surface area contributed by atoms with Crippen LogP contribution in [0, 0.1) is 0 Å². The highest BCUT2D eigenvalue weighted by atomic mass is 31.2. The van der Waals surface area contributed by atoms with E-state index in [1.165, 1.54) is 5.70 Å². The molecule has 0 amide bonds. The zero-order chi connectivity index (χ0) is 21.6. The molecule has 1 fully saturated rings. The van der Waals surface area contributed by atoms with E-state index in [0.29, 0.717) is 0 Å². The Morgan fingerprint density at radius 2 is 1.90 bits per heavy atom. The lowest BCUT2D eigenvalue weighted by molar-refractivity contribution is 0.0525. The minimum absolute atomic E-state index is 0.123. The van der Waals surface area contributed by atoms with Crippen molar-refractivity contribution in [3.8, 4) is 0 Å². The van der Waals surface area contributed by atoms with Gasteiger partial charge in [-0.1, -0.05) is 30.4 Å². The van der Waals surface area contributed by atoms with Crippen molar-refractivity contribution in [3.05, 3.63) is 72.5 Å². The molecule has 2 aliphatic heterocycles. The van der Waals surface area contributed by atoms with Crippen LogP contribution in [-0.2, 0) is 9.30 Å². The van der Waals surface area contributed by atoms with Crippen LogP contribution in [0.15, 0.2) is 77.5 Å². The number of hydrogen-bond acceptors (Lipinski definition) is 5. The summed E-state index contributed by atoms with van der Waals surface area (Å²) < 4.78 is 17.9. The zero-order valence-electron chi connectivity index (χ0n) is 18.2. The molecule has 2 heterocycles. The van der Waals surface area contributed by atoms with Crippen molar-refractivity contribution in [2.75, 3.05) is 44.9 Å². The normalized spacial score (nSPS) is 25.2. The minimum Gasteiger partial charge on any atom is -0.378 e. The van der Waals surface area contributed by atoms with Gasteiger partial charge in [-0.25, -0.2) is 0 Å². The quantitative estimate of drug-likeness (QED) is 0.573. The van der Waals surface area contributed by atoms with Crippen molar-refractivity contribution in [1.82, 2.24) is 4.90 Å². The highest BCUT2D eigenvalue weighted by Gasteiger charge is 2.19. The molecule has 1 atom stereocenters. The van der Waals surface area contributed by atoms with Crippen LogP contribution in [0.4, 0.5) is 5.69 Å². The summed E-state index contributed by atoms with van der Waals surface area (Å²) in [7, 11) is -2.28. The highest BCUT2D eigenvalue weighted by molar-refractivity contribution is 7.70. The van der Waals surface area contributed by atoms with Gasteiger partial charge in [-0.2, -0.15) is 0 Å². The van der Waals surface area contributed by atoms with Gasteiger partial charge in [0.2, 0.25) is 0 Å². The van der Waals surface area contributed by atoms with Gasteiger partial charge in [-0.15, -0.1) is 6.58 Å². The standard InChI is InChI=1S/C24H32N3O2P/c1-5-20-9-7-6-8-10-23(27-15-17-29-18-16-27)19(2)24(25-20)26-21-11-13-22(14-12-21)30(3,4)28/h5-9,11-14,20H,1,10,15-18H2,2-4H3,(H,25,26)/b8-6-,9-7-,23-19+. The number of ether oxygens (including phenoxy) is 1. The fourth-order valence-corrected chi connectivity index (χ4v) is 4.38. The molecule has 1 saturated heterocycles. The Balaban J connectivity index is 1.98. The average molecular weight is 426 g/mol. The van der Waals surface area contributed by atoms with E-state index in [-0.39, 0.29) is 6.04 Å². The van der Waals surface area contributed by atoms with Gasteiger partial charge in [-0.3, -0.25) is 4.99 Å². The smallest absolute Gasteiger partial charge is 0.130 e. The molecule has 3 rings (SSSR count). The van der Waals surface area contributed by atoms with Gasteiger partial charge in [0.05, 0.1) is 19.3 Å². The average Bonchev–Trinajstić information content (AvgIpc) is 2.74. The fraction of sp³-hybridized carbons (Fsp3) is 0.375. The number of anilines is 1. The summed E-state index contributed by atoms with van der Waals surface area (Å²) in [5, 5.41) is 4.37. The second-order valence-corrected chi connectivity index (χ2v) is 11.1. The van der Waals surface area contributed by atoms with E-state index >= 15 is 0 Å². The molecule has 0 bridgehead atoms. The van der Waals surface area contributed by atoms with E-state index in [1.54, 1.807) is 13.3 Å². The third-order valence-corrected chi connectivity index (χ3v) is 6.86. The first-order chi connectivity index (χ1) is 14.4. The van der Waals surface area contributed by atoms with Crippen LogP contribution in [0.3, 0.4) is 0 Å². The Morgan fingerprint density at radius 3 is 2.53 bits per heavy atom. The predicted molar refractivity (Wildman–Crippen MR) is 129 cm³/mol. The SMILES string of the molecule is C=CC1/C=C\C=C/C/C(N2CCOCC2)=C(/C)C(Nc2ccc(P(C)(C)=O)cc2)=N1. The van der Waals surface area contributed by atoms with E-state index in [2.05, 4.69) is 35.9 Å². The van der Waals surface area contributed by atoms with Crippen molar-refractivity contribution < 1.29 is 9.30 Å². The van der Waals surface area contributed by atoms with Gasteiger partial charge in [0.1, 0.15) is 13.0 Å². The van der Waals surface area contributed by atoms with Crippen molar-refractivity contribution in [2.45, 2.75) is 19.4 Å². The summed E-state index contributed by atoms with van der Waals surface area (Å²) in [5.74, 6) is 0.824.